The SMILES string of the molecule is C=C=CN(C=C=C)CCCCC. The lowest BCUT2D eigenvalue weighted by molar-refractivity contribution is 0.477. The van der Waals surface area contributed by atoms with Crippen LogP contribution in [0.15, 0.2) is 37.0 Å². The zero-order valence-electron chi connectivity index (χ0n) is 7.84. The van der Waals surface area contributed by atoms with Crippen molar-refractivity contribution in [3.8, 4) is 0 Å². The number of hydrogen-bond acceptors (Lipinski definition) is 1. The van der Waals surface area contributed by atoms with Crippen LogP contribution in [0, 0.1) is 0 Å². The average molecular weight is 163 g/mol. The Morgan fingerprint density at radius 1 is 1.17 bits per heavy atom. The molecule has 1 nitrogen and oxygen atoms in total. The van der Waals surface area contributed by atoms with Crippen LogP contribution in [0.4, 0.5) is 0 Å². The van der Waals surface area contributed by atoms with Gasteiger partial charge in [0, 0.05) is 18.9 Å². The van der Waals surface area contributed by atoms with Gasteiger partial charge in [0.15, 0.2) is 0 Å². The smallest absolute Gasteiger partial charge is 0.0462 e. The van der Waals surface area contributed by atoms with Gasteiger partial charge in [0.25, 0.3) is 0 Å². The molecule has 12 heavy (non-hydrogen) atoms. The molecule has 66 valence electrons. The van der Waals surface area contributed by atoms with Crippen molar-refractivity contribution in [1.29, 1.82) is 0 Å². The highest BCUT2D eigenvalue weighted by molar-refractivity contribution is 4.87. The summed E-state index contributed by atoms with van der Waals surface area (Å²) in [4.78, 5) is 2.00. The number of nitrogens with zero attached hydrogens (tertiary/aromatic N) is 1. The molecule has 0 aliphatic heterocycles. The molecule has 0 aliphatic carbocycles. The fraction of sp³-hybridized carbons (Fsp3) is 0.455. The van der Waals surface area contributed by atoms with E-state index in [2.05, 4.69) is 31.5 Å². The molecule has 0 aromatic rings. The fourth-order valence-electron chi connectivity index (χ4n) is 0.945. The van der Waals surface area contributed by atoms with Crippen LogP contribution < -0.4 is 0 Å². The van der Waals surface area contributed by atoms with E-state index in [-0.39, 0.29) is 0 Å². The summed E-state index contributed by atoms with van der Waals surface area (Å²) in [5.74, 6) is 0. The summed E-state index contributed by atoms with van der Waals surface area (Å²) in [7, 11) is 0. The van der Waals surface area contributed by atoms with E-state index < -0.39 is 0 Å². The van der Waals surface area contributed by atoms with Crippen molar-refractivity contribution < 1.29 is 0 Å². The van der Waals surface area contributed by atoms with Gasteiger partial charge in [-0.15, -0.1) is 11.5 Å². The fourth-order valence-corrected chi connectivity index (χ4v) is 0.945. The van der Waals surface area contributed by atoms with Crippen molar-refractivity contribution in [2.75, 3.05) is 6.54 Å². The first-order valence-electron chi connectivity index (χ1n) is 4.32. The molecule has 0 fully saturated rings. The molecule has 0 unspecified atom stereocenters. The number of unbranched alkanes of at least 4 members (excludes halogenated alkanes) is 2. The Hall–Kier alpha value is -1.16. The van der Waals surface area contributed by atoms with Gasteiger partial charge in [-0.1, -0.05) is 32.9 Å². The maximum atomic E-state index is 3.52. The summed E-state index contributed by atoms with van der Waals surface area (Å²) in [5, 5.41) is 0. The molecular weight excluding hydrogens is 146 g/mol. The highest BCUT2D eigenvalue weighted by atomic mass is 15.1. The molecular formula is C11H17N. The molecule has 0 radical (unpaired) electrons. The van der Waals surface area contributed by atoms with E-state index in [1.807, 2.05) is 17.3 Å². The van der Waals surface area contributed by atoms with Crippen molar-refractivity contribution in [1.82, 2.24) is 4.90 Å². The lowest BCUT2D eigenvalue weighted by Gasteiger charge is -2.11. The highest BCUT2D eigenvalue weighted by Gasteiger charge is 1.91. The van der Waals surface area contributed by atoms with Gasteiger partial charge in [0.1, 0.15) is 0 Å². The van der Waals surface area contributed by atoms with E-state index in [0.29, 0.717) is 0 Å². The van der Waals surface area contributed by atoms with Crippen LogP contribution >= 0.6 is 0 Å². The Kier molecular flexibility index (Phi) is 7.17. The Labute approximate surface area is 75.4 Å². The molecule has 0 amide bonds. The number of hydrogen-bond donors (Lipinski definition) is 0. The Morgan fingerprint density at radius 2 is 1.75 bits per heavy atom. The van der Waals surface area contributed by atoms with E-state index in [1.54, 1.807) is 0 Å². The normalized spacial score (nSPS) is 8.08. The largest absolute Gasteiger partial charge is 0.341 e. The minimum atomic E-state index is 0.999. The lowest BCUT2D eigenvalue weighted by atomic mass is 10.2. The quantitative estimate of drug-likeness (QED) is 0.429. The summed E-state index contributed by atoms with van der Waals surface area (Å²) in [6, 6.07) is 0. The first kappa shape index (κ1) is 10.8. The lowest BCUT2D eigenvalue weighted by Crippen LogP contribution is -2.09. The monoisotopic (exact) mass is 163 g/mol. The second-order valence-electron chi connectivity index (χ2n) is 2.61. The topological polar surface area (TPSA) is 3.24 Å². The van der Waals surface area contributed by atoms with E-state index in [4.69, 9.17) is 0 Å². The maximum absolute atomic E-state index is 3.52. The molecule has 0 aliphatic rings. The zero-order valence-corrected chi connectivity index (χ0v) is 7.84. The molecule has 0 aromatic carbocycles. The molecule has 0 heterocycles. The first-order chi connectivity index (χ1) is 5.85. The van der Waals surface area contributed by atoms with E-state index >= 15 is 0 Å². The van der Waals surface area contributed by atoms with Crippen LogP contribution in [0.1, 0.15) is 26.2 Å². The van der Waals surface area contributed by atoms with Gasteiger partial charge in [0.05, 0.1) is 0 Å². The van der Waals surface area contributed by atoms with E-state index in [0.717, 1.165) is 6.54 Å². The summed E-state index contributed by atoms with van der Waals surface area (Å²) in [5.41, 5.74) is 5.46. The highest BCUT2D eigenvalue weighted by Crippen LogP contribution is 1.98. The minimum absolute atomic E-state index is 0.999. The summed E-state index contributed by atoms with van der Waals surface area (Å²) in [6.45, 7) is 10.2. The molecule has 0 saturated carbocycles. The van der Waals surface area contributed by atoms with E-state index in [9.17, 15) is 0 Å². The summed E-state index contributed by atoms with van der Waals surface area (Å²) in [6.07, 6.45) is 7.31. The van der Waals surface area contributed by atoms with E-state index in [1.165, 1.54) is 19.3 Å². The second-order valence-corrected chi connectivity index (χ2v) is 2.61. The molecule has 0 bridgehead atoms. The molecule has 0 spiro atoms. The Balaban J connectivity index is 3.78. The molecule has 0 N–H and O–H groups in total. The van der Waals surface area contributed by atoms with Crippen LogP contribution in [0.2, 0.25) is 0 Å². The van der Waals surface area contributed by atoms with Crippen LogP contribution in [0.5, 0.6) is 0 Å². The standard InChI is InChI=1S/C11H17N/c1-4-7-8-11-12(9-5-2)10-6-3/h9-10H,2-4,7-8,11H2,1H3. The van der Waals surface area contributed by atoms with Crippen molar-refractivity contribution in [3.63, 3.8) is 0 Å². The number of rotatable bonds is 6. The van der Waals surface area contributed by atoms with Gasteiger partial charge in [-0.25, -0.2) is 0 Å². The van der Waals surface area contributed by atoms with Gasteiger partial charge in [-0.2, -0.15) is 0 Å². The van der Waals surface area contributed by atoms with Gasteiger partial charge in [0.2, 0.25) is 0 Å². The third kappa shape index (κ3) is 5.61. The van der Waals surface area contributed by atoms with Gasteiger partial charge in [-0.05, 0) is 6.42 Å². The summed E-state index contributed by atoms with van der Waals surface area (Å²) < 4.78 is 0. The third-order valence-corrected chi connectivity index (χ3v) is 1.53. The molecule has 0 saturated heterocycles. The van der Waals surface area contributed by atoms with Gasteiger partial charge in [-0.3, -0.25) is 0 Å². The van der Waals surface area contributed by atoms with Gasteiger partial charge < -0.3 is 4.90 Å². The summed E-state index contributed by atoms with van der Waals surface area (Å²) >= 11 is 0. The molecule has 1 heteroatoms. The van der Waals surface area contributed by atoms with Crippen molar-refractivity contribution in [3.05, 3.63) is 37.0 Å². The van der Waals surface area contributed by atoms with Crippen molar-refractivity contribution >= 4 is 0 Å². The molecule has 0 aromatic heterocycles. The zero-order chi connectivity index (χ0) is 9.23. The van der Waals surface area contributed by atoms with Crippen LogP contribution in [-0.2, 0) is 0 Å². The predicted octanol–water partition coefficient (Wildman–Crippen LogP) is 3.08. The molecule has 0 atom stereocenters. The van der Waals surface area contributed by atoms with Crippen molar-refractivity contribution in [2.45, 2.75) is 26.2 Å². The second kappa shape index (κ2) is 7.94. The van der Waals surface area contributed by atoms with Crippen LogP contribution in [0.3, 0.4) is 0 Å². The Bertz CT molecular complexity index is 175. The molecule has 0 rings (SSSR count). The van der Waals surface area contributed by atoms with Crippen LogP contribution in [-0.4, -0.2) is 11.4 Å². The predicted molar refractivity (Wildman–Crippen MR) is 53.7 cm³/mol. The Morgan fingerprint density at radius 3 is 2.17 bits per heavy atom. The average Bonchev–Trinajstić information content (AvgIpc) is 2.06. The van der Waals surface area contributed by atoms with Crippen molar-refractivity contribution in [2.24, 2.45) is 0 Å². The maximum Gasteiger partial charge on any atom is 0.0462 e. The minimum Gasteiger partial charge on any atom is -0.341 e. The third-order valence-electron chi connectivity index (χ3n) is 1.53. The van der Waals surface area contributed by atoms with Crippen LogP contribution in [0.25, 0.3) is 0 Å². The first-order valence-corrected chi connectivity index (χ1v) is 4.32. The van der Waals surface area contributed by atoms with Gasteiger partial charge >= 0.3 is 0 Å².